The number of nitrogens with one attached hydrogen (secondary N) is 1. The summed E-state index contributed by atoms with van der Waals surface area (Å²) in [5.41, 5.74) is 0. The summed E-state index contributed by atoms with van der Waals surface area (Å²) >= 11 is 0. The second kappa shape index (κ2) is 6.29. The highest BCUT2D eigenvalue weighted by molar-refractivity contribution is 5.87. The zero-order chi connectivity index (χ0) is 15.5. The molecular formula is C15H21N5O2. The van der Waals surface area contributed by atoms with Crippen molar-refractivity contribution in [3.63, 3.8) is 0 Å². The van der Waals surface area contributed by atoms with E-state index in [0.717, 1.165) is 6.42 Å². The molecule has 1 aromatic rings. The lowest BCUT2D eigenvalue weighted by Gasteiger charge is -2.34. The first-order chi connectivity index (χ1) is 10.6. The third-order valence-electron chi connectivity index (χ3n) is 4.33. The number of carbonyl (C=O) groups is 2. The van der Waals surface area contributed by atoms with Crippen molar-refractivity contribution in [3.05, 3.63) is 18.5 Å². The van der Waals surface area contributed by atoms with Crippen molar-refractivity contribution >= 4 is 17.8 Å². The SMILES string of the molecule is C[C@@H]1C[C@H]1C(=O)NCC(=O)N1CCN(c2ncccn2)CC1. The number of rotatable bonds is 4. The van der Waals surface area contributed by atoms with Crippen LogP contribution in [0.15, 0.2) is 18.5 Å². The molecule has 1 saturated carbocycles. The Kier molecular flexibility index (Phi) is 4.22. The number of piperazine rings is 1. The van der Waals surface area contributed by atoms with Crippen LogP contribution in [0.4, 0.5) is 5.95 Å². The predicted molar refractivity (Wildman–Crippen MR) is 81.1 cm³/mol. The molecule has 7 nitrogen and oxygen atoms in total. The highest BCUT2D eigenvalue weighted by atomic mass is 16.2. The Morgan fingerprint density at radius 1 is 1.23 bits per heavy atom. The molecule has 2 atom stereocenters. The first kappa shape index (κ1) is 14.7. The van der Waals surface area contributed by atoms with Crippen LogP contribution in [0.2, 0.25) is 0 Å². The van der Waals surface area contributed by atoms with E-state index in [0.29, 0.717) is 38.0 Å². The van der Waals surface area contributed by atoms with Gasteiger partial charge < -0.3 is 15.1 Å². The second-order valence-electron chi connectivity index (χ2n) is 5.95. The molecule has 1 aromatic heterocycles. The lowest BCUT2D eigenvalue weighted by atomic mass is 10.3. The van der Waals surface area contributed by atoms with Gasteiger partial charge in [0, 0.05) is 44.5 Å². The minimum absolute atomic E-state index is 0.0113. The fourth-order valence-corrected chi connectivity index (χ4v) is 2.70. The van der Waals surface area contributed by atoms with E-state index in [1.54, 1.807) is 23.4 Å². The van der Waals surface area contributed by atoms with Crippen LogP contribution in [0.3, 0.4) is 0 Å². The first-order valence-corrected chi connectivity index (χ1v) is 7.72. The van der Waals surface area contributed by atoms with Crippen molar-refractivity contribution in [2.24, 2.45) is 11.8 Å². The molecule has 2 amide bonds. The van der Waals surface area contributed by atoms with Gasteiger partial charge in [0.25, 0.3) is 0 Å². The number of anilines is 1. The lowest BCUT2D eigenvalue weighted by Crippen LogP contribution is -2.51. The van der Waals surface area contributed by atoms with Crippen molar-refractivity contribution in [1.29, 1.82) is 0 Å². The van der Waals surface area contributed by atoms with Gasteiger partial charge in [0.05, 0.1) is 6.54 Å². The van der Waals surface area contributed by atoms with Gasteiger partial charge >= 0.3 is 0 Å². The maximum absolute atomic E-state index is 12.1. The van der Waals surface area contributed by atoms with E-state index < -0.39 is 0 Å². The third-order valence-corrected chi connectivity index (χ3v) is 4.33. The lowest BCUT2D eigenvalue weighted by molar-refractivity contribution is -0.133. The van der Waals surface area contributed by atoms with Gasteiger partial charge in [0.1, 0.15) is 0 Å². The highest BCUT2D eigenvalue weighted by Gasteiger charge is 2.39. The average Bonchev–Trinajstić information content (AvgIpc) is 3.30. The number of nitrogens with zero attached hydrogens (tertiary/aromatic N) is 4. The molecule has 0 spiro atoms. The maximum Gasteiger partial charge on any atom is 0.242 e. The molecule has 118 valence electrons. The highest BCUT2D eigenvalue weighted by Crippen LogP contribution is 2.37. The van der Waals surface area contributed by atoms with E-state index >= 15 is 0 Å². The summed E-state index contributed by atoms with van der Waals surface area (Å²) in [7, 11) is 0. The Bertz CT molecular complexity index is 542. The summed E-state index contributed by atoms with van der Waals surface area (Å²) in [5.74, 6) is 1.27. The number of hydrogen-bond donors (Lipinski definition) is 1. The van der Waals surface area contributed by atoms with Crippen LogP contribution in [-0.4, -0.2) is 59.4 Å². The number of aromatic nitrogens is 2. The Morgan fingerprint density at radius 2 is 1.86 bits per heavy atom. The van der Waals surface area contributed by atoms with E-state index in [2.05, 4.69) is 27.1 Å². The fraction of sp³-hybridized carbons (Fsp3) is 0.600. The summed E-state index contributed by atoms with van der Waals surface area (Å²) in [5, 5.41) is 2.75. The molecule has 0 unspecified atom stereocenters. The average molecular weight is 303 g/mol. The molecule has 0 aromatic carbocycles. The van der Waals surface area contributed by atoms with E-state index in [9.17, 15) is 9.59 Å². The number of amides is 2. The quantitative estimate of drug-likeness (QED) is 0.840. The van der Waals surface area contributed by atoms with Crippen molar-refractivity contribution in [3.8, 4) is 0 Å². The van der Waals surface area contributed by atoms with Crippen LogP contribution in [0.1, 0.15) is 13.3 Å². The van der Waals surface area contributed by atoms with Crippen LogP contribution in [0.5, 0.6) is 0 Å². The molecule has 2 aliphatic rings. The summed E-state index contributed by atoms with van der Waals surface area (Å²) in [6.07, 6.45) is 4.37. The molecule has 1 saturated heterocycles. The predicted octanol–water partition coefficient (Wildman–Crippen LogP) is -0.103. The van der Waals surface area contributed by atoms with E-state index in [-0.39, 0.29) is 24.3 Å². The van der Waals surface area contributed by atoms with E-state index in [1.807, 2.05) is 0 Å². The van der Waals surface area contributed by atoms with Gasteiger partial charge in [0.15, 0.2) is 0 Å². The topological polar surface area (TPSA) is 78.4 Å². The molecular weight excluding hydrogens is 282 g/mol. The van der Waals surface area contributed by atoms with Crippen molar-refractivity contribution < 1.29 is 9.59 Å². The molecule has 3 rings (SSSR count). The summed E-state index contributed by atoms with van der Waals surface area (Å²) in [4.78, 5) is 36.2. The molecule has 0 radical (unpaired) electrons. The monoisotopic (exact) mass is 303 g/mol. The van der Waals surface area contributed by atoms with Crippen LogP contribution < -0.4 is 10.2 Å². The minimum atomic E-state index is -0.0183. The van der Waals surface area contributed by atoms with E-state index in [4.69, 9.17) is 0 Å². The van der Waals surface area contributed by atoms with Crippen LogP contribution in [0, 0.1) is 11.8 Å². The minimum Gasteiger partial charge on any atom is -0.347 e. The van der Waals surface area contributed by atoms with Gasteiger partial charge in [-0.3, -0.25) is 9.59 Å². The summed E-state index contributed by atoms with van der Waals surface area (Å²) in [6, 6.07) is 1.78. The van der Waals surface area contributed by atoms with Gasteiger partial charge in [-0.1, -0.05) is 6.92 Å². The summed E-state index contributed by atoms with van der Waals surface area (Å²) in [6.45, 7) is 4.84. The van der Waals surface area contributed by atoms with Gasteiger partial charge in [-0.25, -0.2) is 9.97 Å². The van der Waals surface area contributed by atoms with Crippen molar-refractivity contribution in [2.45, 2.75) is 13.3 Å². The van der Waals surface area contributed by atoms with Crippen molar-refractivity contribution in [1.82, 2.24) is 20.2 Å². The largest absolute Gasteiger partial charge is 0.347 e. The smallest absolute Gasteiger partial charge is 0.242 e. The molecule has 7 heteroatoms. The van der Waals surface area contributed by atoms with E-state index in [1.165, 1.54) is 0 Å². The molecule has 1 aliphatic carbocycles. The molecule has 0 bridgehead atoms. The van der Waals surface area contributed by atoms with Gasteiger partial charge in [-0.2, -0.15) is 0 Å². The third kappa shape index (κ3) is 3.35. The summed E-state index contributed by atoms with van der Waals surface area (Å²) < 4.78 is 0. The van der Waals surface area contributed by atoms with Gasteiger partial charge in [-0.05, 0) is 18.4 Å². The Balaban J connectivity index is 1.43. The van der Waals surface area contributed by atoms with Gasteiger partial charge in [0.2, 0.25) is 17.8 Å². The van der Waals surface area contributed by atoms with Gasteiger partial charge in [-0.15, -0.1) is 0 Å². The van der Waals surface area contributed by atoms with Crippen molar-refractivity contribution in [2.75, 3.05) is 37.6 Å². The molecule has 2 fully saturated rings. The molecule has 22 heavy (non-hydrogen) atoms. The Morgan fingerprint density at radius 3 is 2.45 bits per heavy atom. The number of hydrogen-bond acceptors (Lipinski definition) is 5. The Hall–Kier alpha value is -2.18. The Labute approximate surface area is 129 Å². The standard InChI is InChI=1S/C15H21N5O2/c1-11-9-12(11)14(22)18-10-13(21)19-5-7-20(8-6-19)15-16-3-2-4-17-15/h2-4,11-12H,5-10H2,1H3,(H,18,22)/t11-,12-/m1/s1. The molecule has 2 heterocycles. The number of carbonyl (C=O) groups excluding carboxylic acids is 2. The fourth-order valence-electron chi connectivity index (χ4n) is 2.70. The second-order valence-corrected chi connectivity index (χ2v) is 5.95. The molecule has 1 N–H and O–H groups in total. The zero-order valence-electron chi connectivity index (χ0n) is 12.7. The molecule has 1 aliphatic heterocycles. The van der Waals surface area contributed by atoms with Crippen LogP contribution in [-0.2, 0) is 9.59 Å². The normalized spacial score (nSPS) is 24.0. The zero-order valence-corrected chi connectivity index (χ0v) is 12.7. The first-order valence-electron chi connectivity index (χ1n) is 7.72. The maximum atomic E-state index is 12.1. The van der Waals surface area contributed by atoms with Crippen LogP contribution >= 0.6 is 0 Å². The van der Waals surface area contributed by atoms with Crippen LogP contribution in [0.25, 0.3) is 0 Å².